The molecule has 0 aromatic carbocycles. The van der Waals surface area contributed by atoms with Crippen molar-refractivity contribution in [1.82, 2.24) is 9.29 Å². The Labute approximate surface area is 113 Å². The average molecular weight is 289 g/mol. The first kappa shape index (κ1) is 13.8. The maximum absolute atomic E-state index is 12.5. The van der Waals surface area contributed by atoms with Crippen molar-refractivity contribution in [1.29, 1.82) is 0 Å². The molecule has 18 heavy (non-hydrogen) atoms. The molecule has 0 aliphatic heterocycles. The fourth-order valence-electron chi connectivity index (χ4n) is 1.85. The summed E-state index contributed by atoms with van der Waals surface area (Å²) >= 11 is 5.89. The lowest BCUT2D eigenvalue weighted by molar-refractivity contribution is 0.395. The molecule has 100 valence electrons. The van der Waals surface area contributed by atoms with Crippen LogP contribution in [-0.2, 0) is 10.0 Å². The molecule has 1 heterocycles. The molecule has 0 spiro atoms. The first-order valence-corrected chi connectivity index (χ1v) is 7.98. The van der Waals surface area contributed by atoms with Gasteiger partial charge in [-0.15, -0.1) is 0 Å². The molecule has 1 fully saturated rings. The zero-order valence-electron chi connectivity index (χ0n) is 10.3. The molecule has 1 aliphatic carbocycles. The van der Waals surface area contributed by atoms with E-state index in [-0.39, 0.29) is 10.0 Å². The molecule has 1 aliphatic rings. The van der Waals surface area contributed by atoms with Crippen LogP contribution in [0.2, 0.25) is 5.15 Å². The summed E-state index contributed by atoms with van der Waals surface area (Å²) < 4.78 is 26.6. The van der Waals surface area contributed by atoms with Gasteiger partial charge in [0.25, 0.3) is 0 Å². The lowest BCUT2D eigenvalue weighted by Crippen LogP contribution is -2.34. The Morgan fingerprint density at radius 3 is 2.78 bits per heavy atom. The minimum absolute atomic E-state index is 0.0504. The number of halogens is 1. The summed E-state index contributed by atoms with van der Waals surface area (Å²) in [4.78, 5) is 3.95. The Morgan fingerprint density at radius 1 is 1.50 bits per heavy atom. The number of nitrogens with zero attached hydrogens (tertiary/aromatic N) is 2. The topological polar surface area (TPSA) is 50.3 Å². The molecule has 0 saturated heterocycles. The SMILES string of the molecule is CCCN(CC1CC1)S(=O)(=O)c1cccnc1Cl. The molecule has 2 rings (SSSR count). The van der Waals surface area contributed by atoms with Crippen molar-refractivity contribution in [3.8, 4) is 0 Å². The van der Waals surface area contributed by atoms with Crippen molar-refractivity contribution in [3.63, 3.8) is 0 Å². The van der Waals surface area contributed by atoms with Gasteiger partial charge in [0, 0.05) is 19.3 Å². The number of sulfonamides is 1. The number of hydrogen-bond donors (Lipinski definition) is 0. The molecular formula is C12H17ClN2O2S. The fraction of sp³-hybridized carbons (Fsp3) is 0.583. The molecule has 1 saturated carbocycles. The third-order valence-electron chi connectivity index (χ3n) is 2.97. The average Bonchev–Trinajstić information content (AvgIpc) is 3.13. The molecule has 1 aromatic heterocycles. The third-order valence-corrected chi connectivity index (χ3v) is 5.28. The Morgan fingerprint density at radius 2 is 2.22 bits per heavy atom. The van der Waals surface area contributed by atoms with Crippen LogP contribution >= 0.6 is 11.6 Å². The van der Waals surface area contributed by atoms with Crippen LogP contribution in [0, 0.1) is 5.92 Å². The summed E-state index contributed by atoms with van der Waals surface area (Å²) in [5, 5.41) is 0.0504. The number of pyridine rings is 1. The number of aromatic nitrogens is 1. The van der Waals surface area contributed by atoms with E-state index in [1.807, 2.05) is 6.92 Å². The highest BCUT2D eigenvalue weighted by Crippen LogP contribution is 2.32. The Balaban J connectivity index is 2.28. The molecular weight excluding hydrogens is 272 g/mol. The van der Waals surface area contributed by atoms with Gasteiger partial charge in [0.05, 0.1) is 0 Å². The van der Waals surface area contributed by atoms with E-state index in [0.29, 0.717) is 19.0 Å². The Hall–Kier alpha value is -0.650. The van der Waals surface area contributed by atoms with Gasteiger partial charge in [-0.2, -0.15) is 4.31 Å². The monoisotopic (exact) mass is 288 g/mol. The highest BCUT2D eigenvalue weighted by atomic mass is 35.5. The maximum Gasteiger partial charge on any atom is 0.246 e. The van der Waals surface area contributed by atoms with Gasteiger partial charge in [-0.3, -0.25) is 0 Å². The van der Waals surface area contributed by atoms with Crippen LogP contribution in [0.25, 0.3) is 0 Å². The molecule has 0 N–H and O–H groups in total. The molecule has 0 radical (unpaired) electrons. The molecule has 6 heteroatoms. The summed E-state index contributed by atoms with van der Waals surface area (Å²) in [5.41, 5.74) is 0. The zero-order chi connectivity index (χ0) is 13.2. The van der Waals surface area contributed by atoms with Gasteiger partial charge in [0.1, 0.15) is 10.0 Å². The van der Waals surface area contributed by atoms with Gasteiger partial charge in [0.2, 0.25) is 10.0 Å². The van der Waals surface area contributed by atoms with Crippen LogP contribution in [0.4, 0.5) is 0 Å². The van der Waals surface area contributed by atoms with Crippen LogP contribution in [0.1, 0.15) is 26.2 Å². The second kappa shape index (κ2) is 5.55. The predicted molar refractivity (Wildman–Crippen MR) is 71.0 cm³/mol. The van der Waals surface area contributed by atoms with E-state index in [9.17, 15) is 8.42 Å². The van der Waals surface area contributed by atoms with Crippen molar-refractivity contribution in [2.75, 3.05) is 13.1 Å². The van der Waals surface area contributed by atoms with Crippen molar-refractivity contribution in [2.45, 2.75) is 31.1 Å². The summed E-state index contributed by atoms with van der Waals surface area (Å²) in [6, 6.07) is 3.11. The Kier molecular flexibility index (Phi) is 4.25. The summed E-state index contributed by atoms with van der Waals surface area (Å²) in [6.45, 7) is 3.10. The van der Waals surface area contributed by atoms with E-state index < -0.39 is 10.0 Å². The molecule has 1 aromatic rings. The smallest absolute Gasteiger partial charge is 0.243 e. The van der Waals surface area contributed by atoms with Gasteiger partial charge >= 0.3 is 0 Å². The molecule has 0 amide bonds. The van der Waals surface area contributed by atoms with E-state index in [0.717, 1.165) is 19.3 Å². The van der Waals surface area contributed by atoms with Crippen molar-refractivity contribution >= 4 is 21.6 Å². The van der Waals surface area contributed by atoms with Crippen LogP contribution in [0.5, 0.6) is 0 Å². The van der Waals surface area contributed by atoms with Gasteiger partial charge in [-0.25, -0.2) is 13.4 Å². The minimum atomic E-state index is -3.51. The number of rotatable bonds is 6. The van der Waals surface area contributed by atoms with E-state index in [1.54, 1.807) is 6.07 Å². The predicted octanol–water partition coefficient (Wildman–Crippen LogP) is 2.55. The molecule has 0 bridgehead atoms. The lowest BCUT2D eigenvalue weighted by Gasteiger charge is -2.21. The third kappa shape index (κ3) is 3.02. The summed E-state index contributed by atoms with van der Waals surface area (Å²) in [6.07, 6.45) is 4.53. The second-order valence-electron chi connectivity index (χ2n) is 4.60. The molecule has 0 unspecified atom stereocenters. The van der Waals surface area contributed by atoms with Gasteiger partial charge in [-0.05, 0) is 37.3 Å². The normalized spacial score (nSPS) is 16.2. The van der Waals surface area contributed by atoms with E-state index in [1.165, 1.54) is 16.6 Å². The minimum Gasteiger partial charge on any atom is -0.243 e. The first-order valence-electron chi connectivity index (χ1n) is 6.16. The van der Waals surface area contributed by atoms with Crippen molar-refractivity contribution in [3.05, 3.63) is 23.5 Å². The van der Waals surface area contributed by atoms with Gasteiger partial charge < -0.3 is 0 Å². The van der Waals surface area contributed by atoms with Gasteiger partial charge in [0.15, 0.2) is 0 Å². The lowest BCUT2D eigenvalue weighted by atomic mass is 10.4. The summed E-state index contributed by atoms with van der Waals surface area (Å²) in [7, 11) is -3.51. The standard InChI is InChI=1S/C12H17ClN2O2S/c1-2-8-15(9-10-5-6-10)18(16,17)11-4-3-7-14-12(11)13/h3-4,7,10H,2,5-6,8-9H2,1H3. The van der Waals surface area contributed by atoms with E-state index in [4.69, 9.17) is 11.6 Å². The van der Waals surface area contributed by atoms with Crippen LogP contribution in [0.15, 0.2) is 23.2 Å². The maximum atomic E-state index is 12.5. The molecule has 4 nitrogen and oxygen atoms in total. The highest BCUT2D eigenvalue weighted by Gasteiger charge is 2.32. The van der Waals surface area contributed by atoms with Crippen LogP contribution in [-0.4, -0.2) is 30.8 Å². The quantitative estimate of drug-likeness (QED) is 0.756. The first-order chi connectivity index (χ1) is 8.55. The van der Waals surface area contributed by atoms with Crippen molar-refractivity contribution in [2.24, 2.45) is 5.92 Å². The largest absolute Gasteiger partial charge is 0.246 e. The second-order valence-corrected chi connectivity index (χ2v) is 6.86. The van der Waals surface area contributed by atoms with E-state index >= 15 is 0 Å². The van der Waals surface area contributed by atoms with Crippen molar-refractivity contribution < 1.29 is 8.42 Å². The Bertz CT molecular complexity index is 515. The van der Waals surface area contributed by atoms with Crippen LogP contribution in [0.3, 0.4) is 0 Å². The molecule has 0 atom stereocenters. The highest BCUT2D eigenvalue weighted by molar-refractivity contribution is 7.89. The van der Waals surface area contributed by atoms with E-state index in [2.05, 4.69) is 4.98 Å². The van der Waals surface area contributed by atoms with Gasteiger partial charge in [-0.1, -0.05) is 18.5 Å². The number of hydrogen-bond acceptors (Lipinski definition) is 3. The fourth-order valence-corrected chi connectivity index (χ4v) is 3.89. The van der Waals surface area contributed by atoms with Crippen LogP contribution < -0.4 is 0 Å². The zero-order valence-corrected chi connectivity index (χ0v) is 11.9. The summed E-state index contributed by atoms with van der Waals surface area (Å²) in [5.74, 6) is 0.516.